The third-order valence-electron chi connectivity index (χ3n) is 5.93. The van der Waals surface area contributed by atoms with E-state index in [1.165, 1.54) is 32.1 Å². The topological polar surface area (TPSA) is 23.5 Å². The fraction of sp³-hybridized carbons (Fsp3) is 1.00. The van der Waals surface area contributed by atoms with E-state index in [0.717, 1.165) is 12.8 Å². The lowest BCUT2D eigenvalue weighted by atomic mass is 9.67. The van der Waals surface area contributed by atoms with Crippen molar-refractivity contribution in [2.24, 2.45) is 11.3 Å². The minimum absolute atomic E-state index is 0.0870. The van der Waals surface area contributed by atoms with Crippen molar-refractivity contribution >= 4 is 0 Å². The van der Waals surface area contributed by atoms with Crippen LogP contribution in [0.25, 0.3) is 0 Å². The molecule has 2 heteroatoms. The van der Waals surface area contributed by atoms with Crippen molar-refractivity contribution in [1.29, 1.82) is 0 Å². The summed E-state index contributed by atoms with van der Waals surface area (Å²) in [7, 11) is 2.31. The third-order valence-corrected chi connectivity index (χ3v) is 5.93. The molecule has 2 rings (SSSR count). The van der Waals surface area contributed by atoms with Gasteiger partial charge in [0.2, 0.25) is 0 Å². The van der Waals surface area contributed by atoms with Crippen LogP contribution in [0, 0.1) is 11.3 Å². The number of rotatable bonds is 2. The predicted octanol–water partition coefficient (Wildman–Crippen LogP) is 3.83. The van der Waals surface area contributed by atoms with E-state index in [1.807, 2.05) is 0 Å². The number of nitrogens with zero attached hydrogens (tertiary/aromatic N) is 1. The molecule has 0 heterocycles. The van der Waals surface area contributed by atoms with E-state index in [1.54, 1.807) is 0 Å². The van der Waals surface area contributed by atoms with Crippen LogP contribution in [0.15, 0.2) is 0 Å². The van der Waals surface area contributed by atoms with Crippen molar-refractivity contribution in [2.45, 2.75) is 90.3 Å². The van der Waals surface area contributed by atoms with E-state index < -0.39 is 0 Å². The molecule has 3 unspecified atom stereocenters. The largest absolute Gasteiger partial charge is 0.393 e. The van der Waals surface area contributed by atoms with Gasteiger partial charge in [0.05, 0.1) is 6.10 Å². The van der Waals surface area contributed by atoms with Gasteiger partial charge < -0.3 is 5.11 Å². The maximum absolute atomic E-state index is 10.1. The molecule has 0 amide bonds. The first-order valence-electron chi connectivity index (χ1n) is 8.15. The van der Waals surface area contributed by atoms with Gasteiger partial charge in [-0.2, -0.15) is 0 Å². The van der Waals surface area contributed by atoms with Crippen molar-refractivity contribution in [2.75, 3.05) is 7.05 Å². The Morgan fingerprint density at radius 1 is 1.11 bits per heavy atom. The Balaban J connectivity index is 2.17. The van der Waals surface area contributed by atoms with Crippen molar-refractivity contribution < 1.29 is 5.11 Å². The summed E-state index contributed by atoms with van der Waals surface area (Å²) in [4.78, 5) is 2.64. The Kier molecular flexibility index (Phi) is 4.32. The van der Waals surface area contributed by atoms with Gasteiger partial charge in [-0.1, -0.05) is 33.6 Å². The van der Waals surface area contributed by atoms with Crippen molar-refractivity contribution in [3.8, 4) is 0 Å². The van der Waals surface area contributed by atoms with Crippen molar-refractivity contribution in [1.82, 2.24) is 4.90 Å². The minimum atomic E-state index is -0.0870. The van der Waals surface area contributed by atoms with Crippen LogP contribution in [-0.4, -0.2) is 34.7 Å². The summed E-state index contributed by atoms with van der Waals surface area (Å²) in [6, 6.07) is 0.548. The summed E-state index contributed by atoms with van der Waals surface area (Å²) in [5.74, 6) is 0.707. The molecule has 0 aromatic heterocycles. The summed E-state index contributed by atoms with van der Waals surface area (Å²) in [5.41, 5.74) is 0.708. The maximum atomic E-state index is 10.1. The third kappa shape index (κ3) is 3.16. The second-order valence-electron chi connectivity index (χ2n) is 8.32. The molecular weight excluding hydrogens is 234 g/mol. The van der Waals surface area contributed by atoms with Gasteiger partial charge in [-0.15, -0.1) is 0 Å². The molecule has 19 heavy (non-hydrogen) atoms. The summed E-state index contributed by atoms with van der Waals surface area (Å²) in [6.07, 6.45) is 8.44. The monoisotopic (exact) mass is 267 g/mol. The van der Waals surface area contributed by atoms with Gasteiger partial charge in [0.1, 0.15) is 0 Å². The smallest absolute Gasteiger partial charge is 0.0555 e. The molecule has 1 N–H and O–H groups in total. The maximum Gasteiger partial charge on any atom is 0.0555 e. The SMILES string of the molecule is CN(C1CC(O)CCC1C(C)(C)C)C1(C)CCCC1. The minimum Gasteiger partial charge on any atom is -0.393 e. The Hall–Kier alpha value is -0.0800. The summed E-state index contributed by atoms with van der Waals surface area (Å²) in [6.45, 7) is 9.54. The molecule has 0 bridgehead atoms. The number of hydrogen-bond acceptors (Lipinski definition) is 2. The van der Waals surface area contributed by atoms with Crippen molar-refractivity contribution in [3.05, 3.63) is 0 Å². The zero-order chi connectivity index (χ0) is 14.3. The molecule has 0 saturated heterocycles. The highest BCUT2D eigenvalue weighted by Gasteiger charge is 2.44. The molecular formula is C17H33NO. The molecule has 2 saturated carbocycles. The van der Waals surface area contributed by atoms with E-state index in [2.05, 4.69) is 39.6 Å². The Morgan fingerprint density at radius 3 is 2.21 bits per heavy atom. The lowest BCUT2D eigenvalue weighted by molar-refractivity contribution is -0.0397. The number of aliphatic hydroxyl groups is 1. The molecule has 2 aliphatic carbocycles. The van der Waals surface area contributed by atoms with E-state index in [4.69, 9.17) is 0 Å². The zero-order valence-corrected chi connectivity index (χ0v) is 13.6. The number of aliphatic hydroxyl groups excluding tert-OH is 1. The van der Waals surface area contributed by atoms with Gasteiger partial charge >= 0.3 is 0 Å². The van der Waals surface area contributed by atoms with Gasteiger partial charge in [0, 0.05) is 11.6 Å². The number of hydrogen-bond donors (Lipinski definition) is 1. The molecule has 0 aromatic rings. The second kappa shape index (κ2) is 5.37. The van der Waals surface area contributed by atoms with Gasteiger partial charge in [0.15, 0.2) is 0 Å². The van der Waals surface area contributed by atoms with Gasteiger partial charge in [-0.05, 0) is 57.4 Å². The van der Waals surface area contributed by atoms with Crippen LogP contribution in [0.3, 0.4) is 0 Å². The Bertz CT molecular complexity index is 301. The molecule has 0 aliphatic heterocycles. The van der Waals surface area contributed by atoms with E-state index in [0.29, 0.717) is 22.9 Å². The molecule has 2 fully saturated rings. The molecule has 3 atom stereocenters. The second-order valence-corrected chi connectivity index (χ2v) is 8.32. The lowest BCUT2D eigenvalue weighted by Gasteiger charge is -2.51. The van der Waals surface area contributed by atoms with Crippen LogP contribution >= 0.6 is 0 Å². The Labute approximate surface area is 119 Å². The van der Waals surface area contributed by atoms with Crippen molar-refractivity contribution in [3.63, 3.8) is 0 Å². The van der Waals surface area contributed by atoms with Crippen LogP contribution < -0.4 is 0 Å². The summed E-state index contributed by atoms with van der Waals surface area (Å²) < 4.78 is 0. The fourth-order valence-corrected chi connectivity index (χ4v) is 4.45. The highest BCUT2D eigenvalue weighted by atomic mass is 16.3. The first-order chi connectivity index (χ1) is 8.74. The molecule has 0 aromatic carbocycles. The van der Waals surface area contributed by atoms with Crippen LogP contribution in [0.5, 0.6) is 0 Å². The zero-order valence-electron chi connectivity index (χ0n) is 13.6. The van der Waals surface area contributed by atoms with E-state index in [9.17, 15) is 5.11 Å². The molecule has 0 spiro atoms. The predicted molar refractivity (Wildman–Crippen MR) is 81.2 cm³/mol. The molecule has 2 nitrogen and oxygen atoms in total. The van der Waals surface area contributed by atoms with Gasteiger partial charge in [-0.25, -0.2) is 0 Å². The Morgan fingerprint density at radius 2 is 1.68 bits per heavy atom. The van der Waals surface area contributed by atoms with Gasteiger partial charge in [-0.3, -0.25) is 4.90 Å². The fourth-order valence-electron chi connectivity index (χ4n) is 4.45. The highest BCUT2D eigenvalue weighted by Crippen LogP contribution is 2.44. The highest BCUT2D eigenvalue weighted by molar-refractivity contribution is 4.98. The quantitative estimate of drug-likeness (QED) is 0.822. The first kappa shape index (κ1) is 15.3. The summed E-state index contributed by atoms with van der Waals surface area (Å²) in [5, 5.41) is 10.1. The summed E-state index contributed by atoms with van der Waals surface area (Å²) >= 11 is 0. The molecule has 112 valence electrons. The van der Waals surface area contributed by atoms with Crippen LogP contribution in [0.1, 0.15) is 72.6 Å². The average molecular weight is 267 g/mol. The van der Waals surface area contributed by atoms with Gasteiger partial charge in [0.25, 0.3) is 0 Å². The standard InChI is InChI=1S/C17H33NO/c1-16(2,3)14-9-8-13(19)12-15(14)18(5)17(4)10-6-7-11-17/h13-15,19H,6-12H2,1-5H3. The molecule has 2 aliphatic rings. The average Bonchev–Trinajstić information content (AvgIpc) is 2.74. The normalized spacial score (nSPS) is 35.8. The van der Waals surface area contributed by atoms with Crippen LogP contribution in [0.4, 0.5) is 0 Å². The van der Waals surface area contributed by atoms with E-state index >= 15 is 0 Å². The van der Waals surface area contributed by atoms with Crippen LogP contribution in [-0.2, 0) is 0 Å². The lowest BCUT2D eigenvalue weighted by Crippen LogP contribution is -2.55. The molecule has 0 radical (unpaired) electrons. The van der Waals surface area contributed by atoms with E-state index in [-0.39, 0.29) is 6.10 Å². The van der Waals surface area contributed by atoms with Crippen LogP contribution in [0.2, 0.25) is 0 Å². The first-order valence-corrected chi connectivity index (χ1v) is 8.15.